The van der Waals surface area contributed by atoms with E-state index in [0.717, 1.165) is 11.1 Å². The summed E-state index contributed by atoms with van der Waals surface area (Å²) < 4.78 is 43.6. The summed E-state index contributed by atoms with van der Waals surface area (Å²) in [7, 11) is 0. The number of benzene rings is 1. The second-order valence-electron chi connectivity index (χ2n) is 9.65. The number of nitrogens with one attached hydrogen (secondary N) is 2. The Kier molecular flexibility index (Phi) is 8.38. The molecule has 0 radical (unpaired) electrons. The Labute approximate surface area is 214 Å². The van der Waals surface area contributed by atoms with Crippen molar-refractivity contribution < 1.29 is 27.8 Å². The van der Waals surface area contributed by atoms with E-state index < -0.39 is 30.7 Å². The SMILES string of the molecule is Cc1ccc(NC(=O)N2CCC(CC(F)(F)F)C2)cc1-c1cc(NC[C@H](C)O)nc(N2CCOCC2)n1. The summed E-state index contributed by atoms with van der Waals surface area (Å²) in [6, 6.07) is 6.80. The molecule has 0 aliphatic carbocycles. The number of aromatic nitrogens is 2. The fourth-order valence-corrected chi connectivity index (χ4v) is 4.51. The number of hydrogen-bond donors (Lipinski definition) is 3. The van der Waals surface area contributed by atoms with Crippen molar-refractivity contribution in [2.24, 2.45) is 5.92 Å². The number of aryl methyl sites for hydroxylation is 1. The van der Waals surface area contributed by atoms with E-state index in [0.29, 0.717) is 69.0 Å². The van der Waals surface area contributed by atoms with E-state index in [2.05, 4.69) is 15.6 Å². The topological polar surface area (TPSA) is 103 Å². The second kappa shape index (κ2) is 11.5. The van der Waals surface area contributed by atoms with Crippen molar-refractivity contribution in [2.75, 3.05) is 61.5 Å². The summed E-state index contributed by atoms with van der Waals surface area (Å²) in [4.78, 5) is 25.6. The Bertz CT molecular complexity index is 1090. The smallest absolute Gasteiger partial charge is 0.389 e. The van der Waals surface area contributed by atoms with Crippen LogP contribution >= 0.6 is 0 Å². The van der Waals surface area contributed by atoms with Crippen molar-refractivity contribution in [3.8, 4) is 11.3 Å². The number of morpholine rings is 1. The van der Waals surface area contributed by atoms with Crippen LogP contribution < -0.4 is 15.5 Å². The molecule has 2 saturated heterocycles. The molecule has 12 heteroatoms. The maximum Gasteiger partial charge on any atom is 0.389 e. The van der Waals surface area contributed by atoms with Gasteiger partial charge in [0.05, 0.1) is 25.0 Å². The standard InChI is InChI=1S/C25H33F3N6O3/c1-16-3-4-19(30-24(36)34-6-5-18(15-34)13-25(26,27)28)11-20(16)21-12-22(29-14-17(2)35)32-23(31-21)33-7-9-37-10-8-33/h3-4,11-12,17-18,35H,5-10,13-15H2,1-2H3,(H,30,36)(H,29,31,32)/t17-,18?/m0/s1. The van der Waals surface area contributed by atoms with E-state index in [1.54, 1.807) is 25.1 Å². The molecule has 2 aliphatic heterocycles. The molecule has 3 N–H and O–H groups in total. The molecule has 2 aliphatic rings. The molecule has 37 heavy (non-hydrogen) atoms. The highest BCUT2D eigenvalue weighted by atomic mass is 19.4. The summed E-state index contributed by atoms with van der Waals surface area (Å²) in [6.07, 6.45) is -5.34. The lowest BCUT2D eigenvalue weighted by molar-refractivity contribution is -0.143. The minimum Gasteiger partial charge on any atom is -0.392 e. The number of nitrogens with zero attached hydrogens (tertiary/aromatic N) is 4. The first kappa shape index (κ1) is 26.9. The molecular formula is C25H33F3N6O3. The lowest BCUT2D eigenvalue weighted by atomic mass is 10.0. The lowest BCUT2D eigenvalue weighted by Gasteiger charge is -2.27. The van der Waals surface area contributed by atoms with Gasteiger partial charge in [-0.1, -0.05) is 6.07 Å². The molecule has 4 rings (SSSR count). The summed E-state index contributed by atoms with van der Waals surface area (Å²) in [5, 5.41) is 15.7. The number of carbonyl (C=O) groups is 1. The van der Waals surface area contributed by atoms with Gasteiger partial charge in [0, 0.05) is 56.5 Å². The number of anilines is 3. The molecule has 2 aromatic rings. The number of hydrogen-bond acceptors (Lipinski definition) is 7. The first-order chi connectivity index (χ1) is 17.6. The summed E-state index contributed by atoms with van der Waals surface area (Å²) in [6.45, 7) is 6.76. The third-order valence-electron chi connectivity index (χ3n) is 6.44. The van der Waals surface area contributed by atoms with Gasteiger partial charge in [-0.15, -0.1) is 0 Å². The Hall–Kier alpha value is -3.12. The van der Waals surface area contributed by atoms with Crippen LogP contribution in [0.3, 0.4) is 0 Å². The van der Waals surface area contributed by atoms with E-state index in [1.807, 2.05) is 17.9 Å². The lowest BCUT2D eigenvalue weighted by Crippen LogP contribution is -2.37. The first-order valence-corrected chi connectivity index (χ1v) is 12.4. The predicted octanol–water partition coefficient (Wildman–Crippen LogP) is 3.89. The highest BCUT2D eigenvalue weighted by Crippen LogP contribution is 2.32. The average molecular weight is 523 g/mol. The third kappa shape index (κ3) is 7.45. The van der Waals surface area contributed by atoms with Crippen LogP contribution in [0.25, 0.3) is 11.3 Å². The number of likely N-dealkylation sites (tertiary alicyclic amines) is 1. The van der Waals surface area contributed by atoms with Crippen molar-refractivity contribution in [1.82, 2.24) is 14.9 Å². The number of rotatable bonds is 7. The molecule has 202 valence electrons. The van der Waals surface area contributed by atoms with Crippen molar-refractivity contribution >= 4 is 23.5 Å². The van der Waals surface area contributed by atoms with Gasteiger partial charge in [-0.05, 0) is 43.9 Å². The highest BCUT2D eigenvalue weighted by Gasteiger charge is 2.36. The number of alkyl halides is 3. The first-order valence-electron chi connectivity index (χ1n) is 12.4. The molecule has 2 amide bonds. The van der Waals surface area contributed by atoms with Crippen LogP contribution in [0.1, 0.15) is 25.3 Å². The molecule has 0 spiro atoms. The number of halogens is 3. The van der Waals surface area contributed by atoms with Gasteiger partial charge >= 0.3 is 12.2 Å². The number of ether oxygens (including phenoxy) is 1. The number of aliphatic hydroxyl groups excluding tert-OH is 1. The Morgan fingerprint density at radius 3 is 2.68 bits per heavy atom. The molecule has 2 fully saturated rings. The zero-order chi connectivity index (χ0) is 26.6. The van der Waals surface area contributed by atoms with Gasteiger partial charge in [-0.3, -0.25) is 0 Å². The summed E-state index contributed by atoms with van der Waals surface area (Å²) in [5.74, 6) is 0.524. The fraction of sp³-hybridized carbons (Fsp3) is 0.560. The molecule has 1 aromatic carbocycles. The van der Waals surface area contributed by atoms with Crippen molar-refractivity contribution in [3.63, 3.8) is 0 Å². The molecule has 3 heterocycles. The van der Waals surface area contributed by atoms with E-state index in [9.17, 15) is 23.1 Å². The Morgan fingerprint density at radius 2 is 1.97 bits per heavy atom. The number of urea groups is 1. The van der Waals surface area contributed by atoms with Gasteiger partial charge in [0.1, 0.15) is 5.82 Å². The zero-order valence-electron chi connectivity index (χ0n) is 21.0. The van der Waals surface area contributed by atoms with Crippen LogP contribution in [0.4, 0.5) is 35.4 Å². The molecule has 1 unspecified atom stereocenters. The van der Waals surface area contributed by atoms with Gasteiger partial charge in [-0.25, -0.2) is 9.78 Å². The minimum atomic E-state index is -4.23. The van der Waals surface area contributed by atoms with Gasteiger partial charge in [0.25, 0.3) is 0 Å². The largest absolute Gasteiger partial charge is 0.392 e. The van der Waals surface area contributed by atoms with E-state index >= 15 is 0 Å². The molecule has 0 bridgehead atoms. The van der Waals surface area contributed by atoms with Crippen LogP contribution in [0.15, 0.2) is 24.3 Å². The molecule has 2 atom stereocenters. The molecule has 0 saturated carbocycles. The number of aliphatic hydroxyl groups is 1. The van der Waals surface area contributed by atoms with Crippen LogP contribution in [0, 0.1) is 12.8 Å². The quantitative estimate of drug-likeness (QED) is 0.507. The Balaban J connectivity index is 1.54. The summed E-state index contributed by atoms with van der Waals surface area (Å²) >= 11 is 0. The van der Waals surface area contributed by atoms with Crippen LogP contribution in [0.2, 0.25) is 0 Å². The maximum atomic E-state index is 12.8. The van der Waals surface area contributed by atoms with Gasteiger partial charge in [0.2, 0.25) is 5.95 Å². The molecule has 9 nitrogen and oxygen atoms in total. The van der Waals surface area contributed by atoms with Crippen LogP contribution in [-0.2, 0) is 4.74 Å². The highest BCUT2D eigenvalue weighted by molar-refractivity contribution is 5.90. The van der Waals surface area contributed by atoms with Crippen LogP contribution in [0.5, 0.6) is 0 Å². The fourth-order valence-electron chi connectivity index (χ4n) is 4.51. The average Bonchev–Trinajstić information content (AvgIpc) is 3.31. The predicted molar refractivity (Wildman–Crippen MR) is 135 cm³/mol. The summed E-state index contributed by atoms with van der Waals surface area (Å²) in [5.41, 5.74) is 2.88. The van der Waals surface area contributed by atoms with E-state index in [1.165, 1.54) is 4.90 Å². The molecular weight excluding hydrogens is 489 g/mol. The Morgan fingerprint density at radius 1 is 1.22 bits per heavy atom. The molecule has 1 aromatic heterocycles. The van der Waals surface area contributed by atoms with Gasteiger partial charge in [-0.2, -0.15) is 18.2 Å². The van der Waals surface area contributed by atoms with Crippen molar-refractivity contribution in [1.29, 1.82) is 0 Å². The van der Waals surface area contributed by atoms with E-state index in [4.69, 9.17) is 9.72 Å². The third-order valence-corrected chi connectivity index (χ3v) is 6.44. The zero-order valence-corrected chi connectivity index (χ0v) is 21.0. The second-order valence-corrected chi connectivity index (χ2v) is 9.65. The number of carbonyl (C=O) groups excluding carboxylic acids is 1. The normalized spacial score (nSPS) is 19.1. The van der Waals surface area contributed by atoms with Crippen LogP contribution in [-0.4, -0.2) is 84.2 Å². The monoisotopic (exact) mass is 522 g/mol. The van der Waals surface area contributed by atoms with Gasteiger partial charge in [0.15, 0.2) is 0 Å². The van der Waals surface area contributed by atoms with Crippen molar-refractivity contribution in [3.05, 3.63) is 29.8 Å². The van der Waals surface area contributed by atoms with Gasteiger partial charge < -0.3 is 30.3 Å². The van der Waals surface area contributed by atoms with Crippen molar-refractivity contribution in [2.45, 2.75) is 39.0 Å². The number of amides is 2. The minimum absolute atomic E-state index is 0.0805. The maximum absolute atomic E-state index is 12.8. The van der Waals surface area contributed by atoms with E-state index in [-0.39, 0.29) is 6.54 Å².